The van der Waals surface area contributed by atoms with Gasteiger partial charge in [-0.3, -0.25) is 0 Å². The number of nitrogens with two attached hydrogens (primary N) is 1. The first-order valence-corrected chi connectivity index (χ1v) is 6.45. The van der Waals surface area contributed by atoms with Crippen molar-refractivity contribution in [2.45, 2.75) is 44.5 Å². The summed E-state index contributed by atoms with van der Waals surface area (Å²) in [6.07, 6.45) is -3.04. The minimum atomic E-state index is -4.49. The third kappa shape index (κ3) is 4.37. The molecule has 0 aliphatic carbocycles. The number of aliphatic hydroxyl groups excluding tert-OH is 1. The Morgan fingerprint density at radius 3 is 2.47 bits per heavy atom. The Balaban J connectivity index is 2.88. The maximum atomic E-state index is 12.5. The predicted octanol–water partition coefficient (Wildman–Crippen LogP) is 3.91. The van der Waals surface area contributed by atoms with Crippen LogP contribution in [0, 0.1) is 0 Å². The molecule has 0 saturated carbocycles. The van der Waals surface area contributed by atoms with E-state index in [1.165, 1.54) is 12.1 Å². The number of halogens is 4. The fourth-order valence-electron chi connectivity index (χ4n) is 1.78. The highest BCUT2D eigenvalue weighted by Gasteiger charge is 2.33. The molecule has 0 aliphatic heterocycles. The van der Waals surface area contributed by atoms with E-state index in [1.807, 2.05) is 6.92 Å². The minimum Gasteiger partial charge on any atom is -0.391 e. The maximum absolute atomic E-state index is 12.5. The SMILES string of the molecule is CCCC[C@H](O)[C@H](N)c1ccc(C(F)(F)F)c(Cl)c1. The second kappa shape index (κ2) is 6.59. The molecule has 0 radical (unpaired) electrons. The van der Waals surface area contributed by atoms with Crippen molar-refractivity contribution in [3.63, 3.8) is 0 Å². The van der Waals surface area contributed by atoms with Crippen LogP contribution in [0.1, 0.15) is 43.4 Å². The summed E-state index contributed by atoms with van der Waals surface area (Å²) >= 11 is 5.61. The van der Waals surface area contributed by atoms with Crippen molar-refractivity contribution in [3.8, 4) is 0 Å². The van der Waals surface area contributed by atoms with Crippen molar-refractivity contribution >= 4 is 11.6 Å². The Kier molecular flexibility index (Phi) is 5.64. The molecule has 19 heavy (non-hydrogen) atoms. The number of aliphatic hydroxyl groups is 1. The Morgan fingerprint density at radius 1 is 1.37 bits per heavy atom. The van der Waals surface area contributed by atoms with Gasteiger partial charge in [-0.1, -0.05) is 37.4 Å². The van der Waals surface area contributed by atoms with Gasteiger partial charge in [0.2, 0.25) is 0 Å². The van der Waals surface area contributed by atoms with Crippen LogP contribution >= 0.6 is 11.6 Å². The molecule has 2 atom stereocenters. The van der Waals surface area contributed by atoms with Gasteiger partial charge in [0, 0.05) is 0 Å². The molecule has 1 aromatic rings. The Morgan fingerprint density at radius 2 is 2.00 bits per heavy atom. The molecule has 0 bridgehead atoms. The first kappa shape index (κ1) is 16.3. The summed E-state index contributed by atoms with van der Waals surface area (Å²) in [5, 5.41) is 9.43. The van der Waals surface area contributed by atoms with E-state index in [4.69, 9.17) is 17.3 Å². The number of rotatable bonds is 5. The number of alkyl halides is 3. The van der Waals surface area contributed by atoms with Crippen LogP contribution in [0.15, 0.2) is 18.2 Å². The van der Waals surface area contributed by atoms with Gasteiger partial charge in [-0.05, 0) is 24.1 Å². The zero-order chi connectivity index (χ0) is 14.6. The van der Waals surface area contributed by atoms with E-state index in [9.17, 15) is 18.3 Å². The van der Waals surface area contributed by atoms with Crippen LogP contribution in [0.2, 0.25) is 5.02 Å². The number of benzene rings is 1. The highest BCUT2D eigenvalue weighted by Crippen LogP contribution is 2.36. The average Bonchev–Trinajstić information content (AvgIpc) is 2.33. The van der Waals surface area contributed by atoms with E-state index in [1.54, 1.807) is 0 Å². The van der Waals surface area contributed by atoms with Gasteiger partial charge in [0.1, 0.15) is 0 Å². The fraction of sp³-hybridized carbons (Fsp3) is 0.538. The topological polar surface area (TPSA) is 46.2 Å². The largest absolute Gasteiger partial charge is 0.417 e. The van der Waals surface area contributed by atoms with Crippen LogP contribution in [-0.4, -0.2) is 11.2 Å². The van der Waals surface area contributed by atoms with Crippen LogP contribution in [-0.2, 0) is 6.18 Å². The van der Waals surface area contributed by atoms with Gasteiger partial charge < -0.3 is 10.8 Å². The molecule has 2 nitrogen and oxygen atoms in total. The molecule has 1 rings (SSSR count). The lowest BCUT2D eigenvalue weighted by Crippen LogP contribution is -2.26. The lowest BCUT2D eigenvalue weighted by atomic mass is 9.97. The summed E-state index contributed by atoms with van der Waals surface area (Å²) < 4.78 is 37.6. The molecule has 0 fully saturated rings. The van der Waals surface area contributed by atoms with E-state index in [2.05, 4.69) is 0 Å². The standard InChI is InChI=1S/C13H17ClF3NO/c1-2-3-4-11(19)12(18)8-5-6-9(10(14)7-8)13(15,16)17/h5-7,11-12,19H,2-4,18H2,1H3/t11-,12+/m0/s1. The minimum absolute atomic E-state index is 0.400. The van der Waals surface area contributed by atoms with Crippen molar-refractivity contribution in [1.82, 2.24) is 0 Å². The van der Waals surface area contributed by atoms with Crippen LogP contribution in [0.4, 0.5) is 13.2 Å². The smallest absolute Gasteiger partial charge is 0.391 e. The van der Waals surface area contributed by atoms with Gasteiger partial charge in [0.05, 0.1) is 22.7 Å². The molecule has 0 spiro atoms. The molecule has 0 saturated heterocycles. The van der Waals surface area contributed by atoms with Gasteiger partial charge in [0.25, 0.3) is 0 Å². The summed E-state index contributed by atoms with van der Waals surface area (Å²) in [5.41, 5.74) is 5.33. The summed E-state index contributed by atoms with van der Waals surface area (Å²) in [6.45, 7) is 1.98. The van der Waals surface area contributed by atoms with Gasteiger partial charge in [-0.25, -0.2) is 0 Å². The quantitative estimate of drug-likeness (QED) is 0.865. The van der Waals surface area contributed by atoms with Gasteiger partial charge in [0.15, 0.2) is 0 Å². The molecule has 6 heteroatoms. The van der Waals surface area contributed by atoms with Gasteiger partial charge >= 0.3 is 6.18 Å². The van der Waals surface area contributed by atoms with E-state index < -0.39 is 28.9 Å². The Labute approximate surface area is 115 Å². The van der Waals surface area contributed by atoms with Gasteiger partial charge in [-0.2, -0.15) is 13.2 Å². The second-order valence-electron chi connectivity index (χ2n) is 4.47. The zero-order valence-corrected chi connectivity index (χ0v) is 11.3. The Bertz CT molecular complexity index is 423. The molecule has 0 aromatic heterocycles. The normalized spacial score (nSPS) is 15.3. The summed E-state index contributed by atoms with van der Waals surface area (Å²) in [4.78, 5) is 0. The van der Waals surface area contributed by atoms with Crippen LogP contribution in [0.25, 0.3) is 0 Å². The lowest BCUT2D eigenvalue weighted by molar-refractivity contribution is -0.137. The molecule has 0 amide bonds. The van der Waals surface area contributed by atoms with E-state index in [-0.39, 0.29) is 0 Å². The summed E-state index contributed by atoms with van der Waals surface area (Å²) in [6, 6.07) is 2.59. The first-order valence-electron chi connectivity index (χ1n) is 6.07. The fourth-order valence-corrected chi connectivity index (χ4v) is 2.08. The summed E-state index contributed by atoms with van der Waals surface area (Å²) in [5.74, 6) is 0. The summed E-state index contributed by atoms with van der Waals surface area (Å²) in [7, 11) is 0. The molecule has 0 aliphatic rings. The van der Waals surface area contributed by atoms with E-state index >= 15 is 0 Å². The molecule has 108 valence electrons. The molecule has 0 unspecified atom stereocenters. The third-order valence-corrected chi connectivity index (χ3v) is 3.26. The molecule has 0 heterocycles. The predicted molar refractivity (Wildman–Crippen MR) is 68.9 cm³/mol. The molecular formula is C13H17ClF3NO. The maximum Gasteiger partial charge on any atom is 0.417 e. The lowest BCUT2D eigenvalue weighted by Gasteiger charge is -2.20. The van der Waals surface area contributed by atoms with Crippen molar-refractivity contribution in [3.05, 3.63) is 34.3 Å². The van der Waals surface area contributed by atoms with Crippen molar-refractivity contribution in [1.29, 1.82) is 0 Å². The van der Waals surface area contributed by atoms with Gasteiger partial charge in [-0.15, -0.1) is 0 Å². The highest BCUT2D eigenvalue weighted by molar-refractivity contribution is 6.31. The van der Waals surface area contributed by atoms with Crippen molar-refractivity contribution < 1.29 is 18.3 Å². The molecule has 3 N–H and O–H groups in total. The van der Waals surface area contributed by atoms with Crippen LogP contribution < -0.4 is 5.73 Å². The number of hydrogen-bond donors (Lipinski definition) is 2. The number of unbranched alkanes of at least 4 members (excludes halogenated alkanes) is 1. The second-order valence-corrected chi connectivity index (χ2v) is 4.88. The van der Waals surface area contributed by atoms with E-state index in [0.717, 1.165) is 18.9 Å². The monoisotopic (exact) mass is 295 g/mol. The highest BCUT2D eigenvalue weighted by atomic mass is 35.5. The molecule has 1 aromatic carbocycles. The number of hydrogen-bond acceptors (Lipinski definition) is 2. The average molecular weight is 296 g/mol. The first-order chi connectivity index (χ1) is 8.77. The van der Waals surface area contributed by atoms with E-state index in [0.29, 0.717) is 12.0 Å². The van der Waals surface area contributed by atoms with Crippen molar-refractivity contribution in [2.24, 2.45) is 5.73 Å². The third-order valence-electron chi connectivity index (χ3n) is 2.95. The van der Waals surface area contributed by atoms with Crippen LogP contribution in [0.3, 0.4) is 0 Å². The zero-order valence-electron chi connectivity index (χ0n) is 10.5. The van der Waals surface area contributed by atoms with Crippen LogP contribution in [0.5, 0.6) is 0 Å². The molecular weight excluding hydrogens is 279 g/mol. The Hall–Kier alpha value is -0.780. The van der Waals surface area contributed by atoms with Crippen molar-refractivity contribution in [2.75, 3.05) is 0 Å².